The highest BCUT2D eigenvalue weighted by molar-refractivity contribution is 5.66. The summed E-state index contributed by atoms with van der Waals surface area (Å²) in [7, 11) is 0. The van der Waals surface area contributed by atoms with E-state index in [4.69, 9.17) is 5.11 Å². The first kappa shape index (κ1) is 13.5. The zero-order valence-electron chi connectivity index (χ0n) is 11.0. The Balaban J connectivity index is 2.67. The van der Waals surface area contributed by atoms with Gasteiger partial charge >= 0.3 is 5.97 Å². The van der Waals surface area contributed by atoms with E-state index in [1.807, 2.05) is 0 Å². The van der Waals surface area contributed by atoms with Crippen LogP contribution in [0.2, 0.25) is 0 Å². The van der Waals surface area contributed by atoms with Crippen LogP contribution in [-0.2, 0) is 4.79 Å². The molecule has 0 spiro atoms. The fraction of sp³-hybridized carbons (Fsp3) is 0.923. The van der Waals surface area contributed by atoms with Crippen LogP contribution in [0.15, 0.2) is 0 Å². The highest BCUT2D eigenvalue weighted by Gasteiger charge is 2.34. The Labute approximate surface area is 98.8 Å². The lowest BCUT2D eigenvalue weighted by molar-refractivity contribution is -0.137. The number of carboxylic acids is 1. The second-order valence-corrected chi connectivity index (χ2v) is 5.98. The van der Waals surface area contributed by atoms with E-state index < -0.39 is 5.97 Å². The fourth-order valence-electron chi connectivity index (χ4n) is 2.80. The van der Waals surface area contributed by atoms with Crippen LogP contribution in [0.4, 0.5) is 0 Å². The number of rotatable bonds is 4. The zero-order chi connectivity index (χ0) is 12.3. The summed E-state index contributed by atoms with van der Waals surface area (Å²) in [5, 5.41) is 8.81. The van der Waals surface area contributed by atoms with Crippen LogP contribution < -0.4 is 0 Å². The number of hydrogen-bond acceptors (Lipinski definition) is 2. The van der Waals surface area contributed by atoms with Crippen molar-refractivity contribution in [1.29, 1.82) is 0 Å². The van der Waals surface area contributed by atoms with E-state index in [9.17, 15) is 4.79 Å². The minimum atomic E-state index is -0.695. The van der Waals surface area contributed by atoms with Crippen LogP contribution in [0.5, 0.6) is 0 Å². The molecule has 1 rings (SSSR count). The Morgan fingerprint density at radius 1 is 1.38 bits per heavy atom. The van der Waals surface area contributed by atoms with Crippen LogP contribution in [0.3, 0.4) is 0 Å². The lowest BCUT2D eigenvalue weighted by Gasteiger charge is -2.42. The van der Waals surface area contributed by atoms with Gasteiger partial charge in [0.15, 0.2) is 0 Å². The predicted octanol–water partition coefficient (Wildman–Crippen LogP) is 2.75. The quantitative estimate of drug-likeness (QED) is 0.803. The highest BCUT2D eigenvalue weighted by Crippen LogP contribution is 2.33. The molecule has 94 valence electrons. The van der Waals surface area contributed by atoms with Crippen molar-refractivity contribution in [3.05, 3.63) is 0 Å². The van der Waals surface area contributed by atoms with Crippen molar-refractivity contribution >= 4 is 5.97 Å². The average molecular weight is 227 g/mol. The summed E-state index contributed by atoms with van der Waals surface area (Å²) >= 11 is 0. The van der Waals surface area contributed by atoms with Crippen LogP contribution in [0.1, 0.15) is 53.4 Å². The molecule has 0 aliphatic heterocycles. The van der Waals surface area contributed by atoms with Crippen molar-refractivity contribution in [3.8, 4) is 0 Å². The van der Waals surface area contributed by atoms with Crippen molar-refractivity contribution in [2.24, 2.45) is 5.92 Å². The number of hydrogen-bond donors (Lipinski definition) is 1. The van der Waals surface area contributed by atoms with Gasteiger partial charge in [-0.25, -0.2) is 0 Å². The van der Waals surface area contributed by atoms with Crippen molar-refractivity contribution in [2.75, 3.05) is 6.54 Å². The number of carboxylic acid groups (broad SMARTS) is 1. The molecule has 2 unspecified atom stereocenters. The molecule has 0 bridgehead atoms. The van der Waals surface area contributed by atoms with E-state index >= 15 is 0 Å². The SMILES string of the molecule is CC1CCCC1N(CCC(=O)O)C(C)(C)C. The van der Waals surface area contributed by atoms with Gasteiger partial charge in [0, 0.05) is 18.1 Å². The lowest BCUT2D eigenvalue weighted by atomic mass is 9.96. The summed E-state index contributed by atoms with van der Waals surface area (Å²) in [5.41, 5.74) is 0.0682. The smallest absolute Gasteiger partial charge is 0.304 e. The maximum atomic E-state index is 10.7. The minimum Gasteiger partial charge on any atom is -0.481 e. The molecule has 0 aromatic heterocycles. The molecule has 16 heavy (non-hydrogen) atoms. The predicted molar refractivity (Wildman–Crippen MR) is 65.5 cm³/mol. The van der Waals surface area contributed by atoms with Gasteiger partial charge in [-0.05, 0) is 39.5 Å². The zero-order valence-corrected chi connectivity index (χ0v) is 11.0. The Morgan fingerprint density at radius 2 is 2.00 bits per heavy atom. The molecule has 0 aromatic rings. The molecule has 0 aromatic carbocycles. The number of carbonyl (C=O) groups is 1. The van der Waals surface area contributed by atoms with E-state index in [1.165, 1.54) is 19.3 Å². The molecule has 1 fully saturated rings. The Hall–Kier alpha value is -0.570. The summed E-state index contributed by atoms with van der Waals surface area (Å²) in [6.07, 6.45) is 4.04. The van der Waals surface area contributed by atoms with Crippen molar-refractivity contribution in [3.63, 3.8) is 0 Å². The molecule has 1 aliphatic rings. The Bertz CT molecular complexity index is 245. The number of aliphatic carboxylic acids is 1. The standard InChI is InChI=1S/C13H25NO2/c1-10-6-5-7-11(10)14(13(2,3)4)9-8-12(15)16/h10-11H,5-9H2,1-4H3,(H,15,16). The third-order valence-electron chi connectivity index (χ3n) is 3.64. The van der Waals surface area contributed by atoms with Gasteiger partial charge in [0.2, 0.25) is 0 Å². The van der Waals surface area contributed by atoms with Crippen molar-refractivity contribution in [1.82, 2.24) is 4.90 Å². The van der Waals surface area contributed by atoms with Gasteiger partial charge in [0.1, 0.15) is 0 Å². The van der Waals surface area contributed by atoms with E-state index in [-0.39, 0.29) is 12.0 Å². The summed E-state index contributed by atoms with van der Waals surface area (Å²) in [6.45, 7) is 9.50. The molecule has 0 heterocycles. The molecular weight excluding hydrogens is 202 g/mol. The van der Waals surface area contributed by atoms with Gasteiger partial charge in [0.05, 0.1) is 6.42 Å². The molecule has 3 nitrogen and oxygen atoms in total. The maximum absolute atomic E-state index is 10.7. The molecule has 1 saturated carbocycles. The largest absolute Gasteiger partial charge is 0.481 e. The van der Waals surface area contributed by atoms with Gasteiger partial charge < -0.3 is 5.11 Å². The second-order valence-electron chi connectivity index (χ2n) is 5.98. The third-order valence-corrected chi connectivity index (χ3v) is 3.64. The van der Waals surface area contributed by atoms with Crippen LogP contribution >= 0.6 is 0 Å². The lowest BCUT2D eigenvalue weighted by Crippen LogP contribution is -2.50. The molecule has 2 atom stereocenters. The first-order chi connectivity index (χ1) is 7.32. The van der Waals surface area contributed by atoms with Gasteiger partial charge in [-0.3, -0.25) is 9.69 Å². The minimum absolute atomic E-state index is 0.0682. The molecule has 1 aliphatic carbocycles. The Kier molecular flexibility index (Phi) is 4.36. The van der Waals surface area contributed by atoms with Gasteiger partial charge in [-0.15, -0.1) is 0 Å². The fourth-order valence-corrected chi connectivity index (χ4v) is 2.80. The van der Waals surface area contributed by atoms with Crippen molar-refractivity contribution < 1.29 is 9.90 Å². The van der Waals surface area contributed by atoms with Gasteiger partial charge in [0.25, 0.3) is 0 Å². The van der Waals surface area contributed by atoms with Gasteiger partial charge in [-0.1, -0.05) is 13.3 Å². The van der Waals surface area contributed by atoms with Gasteiger partial charge in [-0.2, -0.15) is 0 Å². The third kappa shape index (κ3) is 3.48. The molecular formula is C13H25NO2. The monoisotopic (exact) mass is 227 g/mol. The first-order valence-electron chi connectivity index (χ1n) is 6.31. The summed E-state index contributed by atoms with van der Waals surface area (Å²) in [5.74, 6) is 0.00733. The Morgan fingerprint density at radius 3 is 2.38 bits per heavy atom. The van der Waals surface area contributed by atoms with Crippen molar-refractivity contribution in [2.45, 2.75) is 65.0 Å². The molecule has 0 radical (unpaired) electrons. The second kappa shape index (κ2) is 5.17. The number of nitrogens with zero attached hydrogens (tertiary/aromatic N) is 1. The van der Waals surface area contributed by atoms with E-state index in [2.05, 4.69) is 32.6 Å². The molecule has 0 saturated heterocycles. The normalized spacial score (nSPS) is 26.3. The molecule has 3 heteroatoms. The summed E-state index contributed by atoms with van der Waals surface area (Å²) < 4.78 is 0. The molecule has 1 N–H and O–H groups in total. The van der Waals surface area contributed by atoms with Crippen LogP contribution in [-0.4, -0.2) is 34.1 Å². The van der Waals surface area contributed by atoms with Crippen LogP contribution in [0.25, 0.3) is 0 Å². The maximum Gasteiger partial charge on any atom is 0.304 e. The van der Waals surface area contributed by atoms with E-state index in [1.54, 1.807) is 0 Å². The topological polar surface area (TPSA) is 40.5 Å². The summed E-state index contributed by atoms with van der Waals surface area (Å²) in [4.78, 5) is 13.1. The first-order valence-corrected chi connectivity index (χ1v) is 6.31. The van der Waals surface area contributed by atoms with Crippen LogP contribution in [0, 0.1) is 5.92 Å². The van der Waals surface area contributed by atoms with E-state index in [0.717, 1.165) is 0 Å². The summed E-state index contributed by atoms with van der Waals surface area (Å²) in [6, 6.07) is 0.569. The highest BCUT2D eigenvalue weighted by atomic mass is 16.4. The molecule has 0 amide bonds. The van der Waals surface area contributed by atoms with E-state index in [0.29, 0.717) is 18.5 Å². The average Bonchev–Trinajstić information content (AvgIpc) is 2.49.